The van der Waals surface area contributed by atoms with Crippen LogP contribution in [0.5, 0.6) is 0 Å². The predicted molar refractivity (Wildman–Crippen MR) is 75.6 cm³/mol. The van der Waals surface area contributed by atoms with Gasteiger partial charge in [0.25, 0.3) is 0 Å². The molecule has 2 rings (SSSR count). The van der Waals surface area contributed by atoms with E-state index in [-0.39, 0.29) is 0 Å². The summed E-state index contributed by atoms with van der Waals surface area (Å²) < 4.78 is 0. The first-order valence-electron chi connectivity index (χ1n) is 6.74. The van der Waals surface area contributed by atoms with E-state index in [1.807, 2.05) is 0 Å². The van der Waals surface area contributed by atoms with Crippen molar-refractivity contribution in [2.75, 3.05) is 6.54 Å². The van der Waals surface area contributed by atoms with Crippen molar-refractivity contribution in [2.45, 2.75) is 58.2 Å². The molecule has 1 saturated heterocycles. The van der Waals surface area contributed by atoms with E-state index >= 15 is 0 Å². The first-order chi connectivity index (χ1) is 8.25. The van der Waals surface area contributed by atoms with E-state index in [1.165, 1.54) is 43.4 Å². The highest BCUT2D eigenvalue weighted by Crippen LogP contribution is 2.15. The Morgan fingerprint density at radius 3 is 3.00 bits per heavy atom. The van der Waals surface area contributed by atoms with Gasteiger partial charge in [-0.25, -0.2) is 0 Å². The molecule has 3 heteroatoms. The Kier molecular flexibility index (Phi) is 5.01. The second-order valence-electron chi connectivity index (χ2n) is 5.24. The van der Waals surface area contributed by atoms with E-state index < -0.39 is 0 Å². The number of hydrogen-bond acceptors (Lipinski definition) is 3. The van der Waals surface area contributed by atoms with Crippen molar-refractivity contribution in [1.29, 1.82) is 0 Å². The molecule has 2 N–H and O–H groups in total. The number of nitrogens with one attached hydrogen (secondary N) is 2. The minimum absolute atomic E-state index is 0.602. The average molecular weight is 252 g/mol. The monoisotopic (exact) mass is 252 g/mol. The van der Waals surface area contributed by atoms with Crippen molar-refractivity contribution in [3.05, 3.63) is 21.9 Å². The minimum Gasteiger partial charge on any atom is -0.314 e. The van der Waals surface area contributed by atoms with Crippen LogP contribution in [0, 0.1) is 6.92 Å². The van der Waals surface area contributed by atoms with Gasteiger partial charge in [0.15, 0.2) is 0 Å². The molecule has 1 aliphatic rings. The smallest absolute Gasteiger partial charge is 0.0218 e. The third-order valence-corrected chi connectivity index (χ3v) is 4.56. The number of thiophene rings is 1. The summed E-state index contributed by atoms with van der Waals surface area (Å²) in [5, 5.41) is 11.7. The molecular weight excluding hydrogens is 228 g/mol. The maximum absolute atomic E-state index is 3.64. The molecule has 1 aliphatic heterocycles. The maximum Gasteiger partial charge on any atom is 0.0218 e. The lowest BCUT2D eigenvalue weighted by Crippen LogP contribution is -2.39. The van der Waals surface area contributed by atoms with E-state index in [9.17, 15) is 0 Å². The zero-order valence-corrected chi connectivity index (χ0v) is 11.8. The van der Waals surface area contributed by atoms with Crippen molar-refractivity contribution >= 4 is 11.3 Å². The second kappa shape index (κ2) is 6.53. The summed E-state index contributed by atoms with van der Waals surface area (Å²) >= 11 is 1.80. The summed E-state index contributed by atoms with van der Waals surface area (Å²) in [7, 11) is 0. The zero-order valence-electron chi connectivity index (χ0n) is 11.0. The lowest BCUT2D eigenvalue weighted by molar-refractivity contribution is 0.344. The van der Waals surface area contributed by atoms with Crippen LogP contribution in [0.25, 0.3) is 0 Å². The number of aryl methyl sites for hydroxylation is 1. The van der Waals surface area contributed by atoms with Gasteiger partial charge in [-0.3, -0.25) is 0 Å². The molecule has 0 saturated carbocycles. The van der Waals surface area contributed by atoms with Gasteiger partial charge in [-0.05, 0) is 61.5 Å². The fourth-order valence-corrected chi connectivity index (χ4v) is 3.34. The molecule has 96 valence electrons. The van der Waals surface area contributed by atoms with Crippen LogP contribution in [0.3, 0.4) is 0 Å². The predicted octanol–water partition coefficient (Wildman–Crippen LogP) is 3.07. The van der Waals surface area contributed by atoms with Crippen molar-refractivity contribution in [3.63, 3.8) is 0 Å². The number of hydrogen-bond donors (Lipinski definition) is 2. The third kappa shape index (κ3) is 4.09. The zero-order chi connectivity index (χ0) is 12.1. The van der Waals surface area contributed by atoms with Crippen molar-refractivity contribution in [2.24, 2.45) is 0 Å². The Bertz CT molecular complexity index is 329. The second-order valence-corrected chi connectivity index (χ2v) is 5.99. The average Bonchev–Trinajstić information content (AvgIpc) is 2.74. The fraction of sp³-hybridized carbons (Fsp3) is 0.714. The SMILES string of the molecule is Cc1cscc1CNC(C)CC1CCCCN1. The molecule has 0 bridgehead atoms. The first-order valence-corrected chi connectivity index (χ1v) is 7.68. The number of piperidine rings is 1. The molecule has 2 heterocycles. The summed E-state index contributed by atoms with van der Waals surface area (Å²) in [5.41, 5.74) is 2.88. The van der Waals surface area contributed by atoms with Crippen LogP contribution < -0.4 is 10.6 Å². The molecule has 2 atom stereocenters. The van der Waals surface area contributed by atoms with Crippen LogP contribution in [-0.2, 0) is 6.54 Å². The highest BCUT2D eigenvalue weighted by molar-refractivity contribution is 7.08. The lowest BCUT2D eigenvalue weighted by atomic mass is 9.99. The van der Waals surface area contributed by atoms with Gasteiger partial charge in [-0.2, -0.15) is 11.3 Å². The maximum atomic E-state index is 3.64. The molecule has 1 fully saturated rings. The van der Waals surface area contributed by atoms with Crippen LogP contribution in [0.4, 0.5) is 0 Å². The molecule has 2 nitrogen and oxygen atoms in total. The van der Waals surface area contributed by atoms with Gasteiger partial charge >= 0.3 is 0 Å². The normalized spacial score (nSPS) is 22.6. The first kappa shape index (κ1) is 13.1. The van der Waals surface area contributed by atoms with Crippen LogP contribution in [0.2, 0.25) is 0 Å². The quantitative estimate of drug-likeness (QED) is 0.841. The van der Waals surface area contributed by atoms with Crippen LogP contribution >= 0.6 is 11.3 Å². The van der Waals surface area contributed by atoms with E-state index in [1.54, 1.807) is 11.3 Å². The molecule has 0 aromatic carbocycles. The fourth-order valence-electron chi connectivity index (χ4n) is 2.49. The van der Waals surface area contributed by atoms with Gasteiger partial charge in [0, 0.05) is 18.6 Å². The molecule has 0 amide bonds. The highest BCUT2D eigenvalue weighted by atomic mass is 32.1. The summed E-state index contributed by atoms with van der Waals surface area (Å²) in [4.78, 5) is 0. The van der Waals surface area contributed by atoms with Crippen LogP contribution in [0.1, 0.15) is 43.7 Å². The van der Waals surface area contributed by atoms with Gasteiger partial charge in [0.2, 0.25) is 0 Å². The van der Waals surface area contributed by atoms with Crippen molar-refractivity contribution < 1.29 is 0 Å². The van der Waals surface area contributed by atoms with Crippen molar-refractivity contribution in [1.82, 2.24) is 10.6 Å². The van der Waals surface area contributed by atoms with Crippen LogP contribution in [0.15, 0.2) is 10.8 Å². The van der Waals surface area contributed by atoms with Gasteiger partial charge in [-0.1, -0.05) is 6.42 Å². The topological polar surface area (TPSA) is 24.1 Å². The molecule has 2 unspecified atom stereocenters. The van der Waals surface area contributed by atoms with Crippen molar-refractivity contribution in [3.8, 4) is 0 Å². The molecule has 17 heavy (non-hydrogen) atoms. The molecule has 1 aromatic rings. The van der Waals surface area contributed by atoms with Gasteiger partial charge in [0.1, 0.15) is 0 Å². The third-order valence-electron chi connectivity index (χ3n) is 3.65. The Morgan fingerprint density at radius 1 is 1.47 bits per heavy atom. The van der Waals surface area contributed by atoms with Gasteiger partial charge in [-0.15, -0.1) is 0 Å². The Balaban J connectivity index is 1.70. The largest absolute Gasteiger partial charge is 0.314 e. The summed E-state index contributed by atoms with van der Waals surface area (Å²) in [5.74, 6) is 0. The van der Waals surface area contributed by atoms with E-state index in [0.29, 0.717) is 6.04 Å². The summed E-state index contributed by atoms with van der Waals surface area (Å²) in [6.45, 7) is 6.73. The Morgan fingerprint density at radius 2 is 2.35 bits per heavy atom. The standard InChI is InChI=1S/C14H24N2S/c1-11-9-17-10-13(11)8-16-12(2)7-14-5-3-4-6-15-14/h9-10,12,14-16H,3-8H2,1-2H3. The van der Waals surface area contributed by atoms with E-state index in [4.69, 9.17) is 0 Å². The number of rotatable bonds is 5. The van der Waals surface area contributed by atoms with Gasteiger partial charge < -0.3 is 10.6 Å². The minimum atomic E-state index is 0.602. The van der Waals surface area contributed by atoms with E-state index in [2.05, 4.69) is 35.2 Å². The molecule has 0 aliphatic carbocycles. The molecular formula is C14H24N2S. The summed E-state index contributed by atoms with van der Waals surface area (Å²) in [6.07, 6.45) is 5.35. The van der Waals surface area contributed by atoms with E-state index in [0.717, 1.165) is 12.6 Å². The summed E-state index contributed by atoms with van der Waals surface area (Å²) in [6, 6.07) is 1.33. The van der Waals surface area contributed by atoms with Crippen LogP contribution in [-0.4, -0.2) is 18.6 Å². The molecule has 0 radical (unpaired) electrons. The highest BCUT2D eigenvalue weighted by Gasteiger charge is 2.15. The molecule has 1 aromatic heterocycles. The Labute approximate surface area is 109 Å². The lowest BCUT2D eigenvalue weighted by Gasteiger charge is -2.26. The Hall–Kier alpha value is -0.380. The molecule has 0 spiro atoms. The van der Waals surface area contributed by atoms with Gasteiger partial charge in [0.05, 0.1) is 0 Å².